The highest BCUT2D eigenvalue weighted by molar-refractivity contribution is 5.85. The molecule has 2 saturated carbocycles. The molecule has 2 heterocycles. The summed E-state index contributed by atoms with van der Waals surface area (Å²) in [6.45, 7) is 4.21. The molecule has 0 radical (unpaired) electrons. The van der Waals surface area contributed by atoms with Crippen LogP contribution < -0.4 is 5.73 Å². The van der Waals surface area contributed by atoms with Crippen LogP contribution in [0.25, 0.3) is 0 Å². The van der Waals surface area contributed by atoms with Gasteiger partial charge >= 0.3 is 0 Å². The summed E-state index contributed by atoms with van der Waals surface area (Å²) >= 11 is 0. The highest BCUT2D eigenvalue weighted by Gasteiger charge is 2.41. The molecule has 1 amide bonds. The van der Waals surface area contributed by atoms with Crippen molar-refractivity contribution in [1.82, 2.24) is 19.7 Å². The Bertz CT molecular complexity index is 599. The second kappa shape index (κ2) is 7.18. The molecule has 0 spiro atoms. The Morgan fingerprint density at radius 1 is 1.17 bits per heavy atom. The molecule has 136 valence electrons. The lowest BCUT2D eigenvalue weighted by Crippen LogP contribution is -2.54. The number of fused-ring (bicyclic) bond motifs is 1. The maximum Gasteiger partial charge on any atom is 0.227 e. The molecule has 2 unspecified atom stereocenters. The van der Waals surface area contributed by atoms with Crippen molar-refractivity contribution >= 4 is 30.7 Å². The largest absolute Gasteiger partial charge is 0.333 e. The summed E-state index contributed by atoms with van der Waals surface area (Å²) in [7, 11) is 0. The van der Waals surface area contributed by atoms with Gasteiger partial charge in [0.05, 0.1) is 12.5 Å². The smallest absolute Gasteiger partial charge is 0.227 e. The molecule has 1 aromatic rings. The fourth-order valence-corrected chi connectivity index (χ4v) is 4.00. The van der Waals surface area contributed by atoms with Crippen LogP contribution in [0, 0.1) is 5.92 Å². The number of hydrogen-bond donors (Lipinski definition) is 1. The molecule has 0 saturated heterocycles. The minimum atomic E-state index is -0.361. The van der Waals surface area contributed by atoms with Crippen molar-refractivity contribution in [1.29, 1.82) is 0 Å². The highest BCUT2D eigenvalue weighted by Crippen LogP contribution is 2.40. The molecule has 4 rings (SSSR count). The third kappa shape index (κ3) is 3.41. The molecule has 0 aromatic carbocycles. The van der Waals surface area contributed by atoms with Gasteiger partial charge in [-0.1, -0.05) is 12.8 Å². The van der Waals surface area contributed by atoms with Crippen LogP contribution in [0.1, 0.15) is 63.0 Å². The molecule has 6 nitrogen and oxygen atoms in total. The van der Waals surface area contributed by atoms with Crippen molar-refractivity contribution in [2.45, 2.75) is 70.0 Å². The molecule has 2 aliphatic carbocycles. The van der Waals surface area contributed by atoms with Crippen molar-refractivity contribution in [2.24, 2.45) is 11.7 Å². The van der Waals surface area contributed by atoms with Crippen LogP contribution in [0.2, 0.25) is 0 Å². The van der Waals surface area contributed by atoms with E-state index in [9.17, 15) is 4.79 Å². The minimum Gasteiger partial charge on any atom is -0.333 e. The van der Waals surface area contributed by atoms with Gasteiger partial charge in [-0.05, 0) is 32.6 Å². The van der Waals surface area contributed by atoms with Gasteiger partial charge in [0.1, 0.15) is 5.82 Å². The summed E-state index contributed by atoms with van der Waals surface area (Å²) < 4.78 is 2.23. The Morgan fingerprint density at radius 2 is 1.92 bits per heavy atom. The zero-order chi connectivity index (χ0) is 15.3. The zero-order valence-corrected chi connectivity index (χ0v) is 15.7. The lowest BCUT2D eigenvalue weighted by Gasteiger charge is -2.40. The molecule has 2 atom stereocenters. The predicted octanol–water partition coefficient (Wildman–Crippen LogP) is 2.25. The lowest BCUT2D eigenvalue weighted by atomic mass is 9.74. The normalized spacial score (nSPS) is 29.2. The molecule has 2 N–H and O–H groups in total. The Balaban J connectivity index is 0.00000104. The van der Waals surface area contributed by atoms with E-state index in [1.165, 1.54) is 12.8 Å². The van der Waals surface area contributed by atoms with Crippen LogP contribution in [0.4, 0.5) is 0 Å². The Morgan fingerprint density at radius 3 is 2.58 bits per heavy atom. The van der Waals surface area contributed by atoms with E-state index in [0.717, 1.165) is 50.4 Å². The number of rotatable bonds is 2. The van der Waals surface area contributed by atoms with Gasteiger partial charge < -0.3 is 15.2 Å². The average molecular weight is 376 g/mol. The van der Waals surface area contributed by atoms with E-state index in [2.05, 4.69) is 14.8 Å². The molecule has 2 fully saturated rings. The molecule has 8 heteroatoms. The minimum absolute atomic E-state index is 0. The summed E-state index contributed by atoms with van der Waals surface area (Å²) in [5.41, 5.74) is 6.03. The van der Waals surface area contributed by atoms with Crippen molar-refractivity contribution in [3.63, 3.8) is 0 Å². The standard InChI is InChI=1S/C16H25N5O.2ClH/c1-16(17)7-3-2-4-12(16)15(22)20-8-9-21-13(10-20)18-19-14(21)11-5-6-11;;/h11-12H,2-10,17H2,1H3;2*1H. The van der Waals surface area contributed by atoms with Gasteiger partial charge in [-0.2, -0.15) is 0 Å². The number of nitrogens with zero attached hydrogens (tertiary/aromatic N) is 4. The number of halogens is 2. The predicted molar refractivity (Wildman–Crippen MR) is 96.5 cm³/mol. The van der Waals surface area contributed by atoms with Crippen LogP contribution in [-0.2, 0) is 17.9 Å². The molecule has 0 bridgehead atoms. The molecule has 1 aliphatic heterocycles. The topological polar surface area (TPSA) is 77.0 Å². The average Bonchev–Trinajstić information content (AvgIpc) is 3.25. The van der Waals surface area contributed by atoms with Gasteiger partial charge in [-0.3, -0.25) is 4.79 Å². The SMILES string of the molecule is CC1(N)CCCCC1C(=O)N1CCn2c(nnc2C2CC2)C1.Cl.Cl. The summed E-state index contributed by atoms with van der Waals surface area (Å²) in [6.07, 6.45) is 6.57. The maximum atomic E-state index is 12.9. The van der Waals surface area contributed by atoms with Gasteiger partial charge in [0.15, 0.2) is 5.82 Å². The maximum absolute atomic E-state index is 12.9. The molecule has 3 aliphatic rings. The van der Waals surface area contributed by atoms with Crippen LogP contribution in [0.5, 0.6) is 0 Å². The Hall–Kier alpha value is -0.850. The number of nitrogens with two attached hydrogens (primary N) is 1. The Kier molecular flexibility index (Phi) is 5.83. The fourth-order valence-electron chi connectivity index (χ4n) is 4.00. The molecular formula is C16H27Cl2N5O. The monoisotopic (exact) mass is 375 g/mol. The highest BCUT2D eigenvalue weighted by atomic mass is 35.5. The fraction of sp³-hybridized carbons (Fsp3) is 0.812. The molecular weight excluding hydrogens is 349 g/mol. The first-order valence-corrected chi connectivity index (χ1v) is 8.56. The third-order valence-corrected chi connectivity index (χ3v) is 5.59. The van der Waals surface area contributed by atoms with E-state index < -0.39 is 0 Å². The van der Waals surface area contributed by atoms with Gasteiger partial charge in [-0.25, -0.2) is 0 Å². The summed E-state index contributed by atoms with van der Waals surface area (Å²) in [5, 5.41) is 8.66. The quantitative estimate of drug-likeness (QED) is 0.859. The van der Waals surface area contributed by atoms with Gasteiger partial charge in [0, 0.05) is 24.5 Å². The van der Waals surface area contributed by atoms with Crippen molar-refractivity contribution in [3.05, 3.63) is 11.6 Å². The van der Waals surface area contributed by atoms with Gasteiger partial charge in [0.25, 0.3) is 0 Å². The summed E-state index contributed by atoms with van der Waals surface area (Å²) in [5.74, 6) is 2.85. The number of hydrogen-bond acceptors (Lipinski definition) is 4. The van der Waals surface area contributed by atoms with Gasteiger partial charge in [0.2, 0.25) is 5.91 Å². The first kappa shape index (κ1) is 19.5. The zero-order valence-electron chi connectivity index (χ0n) is 14.1. The van der Waals surface area contributed by atoms with E-state index in [0.29, 0.717) is 12.5 Å². The van der Waals surface area contributed by atoms with Crippen LogP contribution in [0.15, 0.2) is 0 Å². The second-order valence-corrected chi connectivity index (χ2v) is 7.46. The molecule has 24 heavy (non-hydrogen) atoms. The first-order chi connectivity index (χ1) is 10.6. The number of aromatic nitrogens is 3. The van der Waals surface area contributed by atoms with Gasteiger partial charge in [-0.15, -0.1) is 35.0 Å². The summed E-state index contributed by atoms with van der Waals surface area (Å²) in [4.78, 5) is 14.9. The van der Waals surface area contributed by atoms with Crippen LogP contribution in [-0.4, -0.2) is 37.7 Å². The lowest BCUT2D eigenvalue weighted by molar-refractivity contribution is -0.140. The van der Waals surface area contributed by atoms with Crippen molar-refractivity contribution in [3.8, 4) is 0 Å². The third-order valence-electron chi connectivity index (χ3n) is 5.59. The van der Waals surface area contributed by atoms with E-state index in [4.69, 9.17) is 5.73 Å². The first-order valence-electron chi connectivity index (χ1n) is 8.56. The van der Waals surface area contributed by atoms with E-state index in [-0.39, 0.29) is 42.2 Å². The number of amides is 1. The number of carbonyl (C=O) groups is 1. The van der Waals surface area contributed by atoms with Crippen LogP contribution in [0.3, 0.4) is 0 Å². The van der Waals surface area contributed by atoms with Crippen molar-refractivity contribution in [2.75, 3.05) is 6.54 Å². The second-order valence-electron chi connectivity index (χ2n) is 7.46. The van der Waals surface area contributed by atoms with Crippen LogP contribution >= 0.6 is 24.8 Å². The summed E-state index contributed by atoms with van der Waals surface area (Å²) in [6, 6.07) is 0. The van der Waals surface area contributed by atoms with E-state index in [1.807, 2.05) is 11.8 Å². The van der Waals surface area contributed by atoms with E-state index in [1.54, 1.807) is 0 Å². The van der Waals surface area contributed by atoms with Crippen molar-refractivity contribution < 1.29 is 4.79 Å². The Labute approximate surface area is 155 Å². The molecule has 1 aromatic heterocycles. The number of carbonyl (C=O) groups excluding carboxylic acids is 1. The van der Waals surface area contributed by atoms with E-state index >= 15 is 0 Å².